The second kappa shape index (κ2) is 4.27. The number of hydrogen-bond donors (Lipinski definition) is 0. The van der Waals surface area contributed by atoms with Crippen LogP contribution in [0.15, 0.2) is 30.3 Å². The Morgan fingerprint density at radius 3 is 2.71 bits per heavy atom. The molecule has 0 radical (unpaired) electrons. The van der Waals surface area contributed by atoms with Crippen molar-refractivity contribution in [1.29, 1.82) is 0 Å². The van der Waals surface area contributed by atoms with Gasteiger partial charge in [0.2, 0.25) is 0 Å². The highest BCUT2D eigenvalue weighted by Crippen LogP contribution is 2.36. The molecule has 2 aliphatic heterocycles. The first-order chi connectivity index (χ1) is 8.33. The Balaban J connectivity index is 1.99. The number of benzene rings is 1. The Morgan fingerprint density at radius 2 is 2.00 bits per heavy atom. The third-order valence-electron chi connectivity index (χ3n) is 3.55. The van der Waals surface area contributed by atoms with E-state index in [0.29, 0.717) is 6.17 Å². The maximum atomic E-state index is 5.56. The van der Waals surface area contributed by atoms with E-state index in [1.165, 1.54) is 12.0 Å². The van der Waals surface area contributed by atoms with Gasteiger partial charge in [-0.25, -0.2) is 0 Å². The minimum absolute atomic E-state index is 0.302. The maximum absolute atomic E-state index is 5.56. The zero-order valence-electron chi connectivity index (χ0n) is 10.0. The van der Waals surface area contributed by atoms with Gasteiger partial charge in [-0.3, -0.25) is 5.01 Å². The predicted molar refractivity (Wildman–Crippen MR) is 72.2 cm³/mol. The van der Waals surface area contributed by atoms with Crippen LogP contribution in [-0.4, -0.2) is 39.7 Å². The minimum atomic E-state index is 0.302. The van der Waals surface area contributed by atoms with E-state index in [1.54, 1.807) is 0 Å². The standard InChI is InChI=1S/C13H17N3S/c1-2-14-12(11-7-4-3-5-8-11)15-9-6-10-16(15)13(14)17/h3-5,7-8,12H,2,6,9-10H2,1H3/t12-/m1/s1. The van der Waals surface area contributed by atoms with Gasteiger partial charge in [-0.1, -0.05) is 30.3 Å². The molecule has 0 unspecified atom stereocenters. The molecular weight excluding hydrogens is 230 g/mol. The summed E-state index contributed by atoms with van der Waals surface area (Å²) in [5.41, 5.74) is 1.33. The number of thiocarbonyl (C=S) groups is 1. The predicted octanol–water partition coefficient (Wildman–Crippen LogP) is 2.23. The third kappa shape index (κ3) is 1.63. The molecule has 17 heavy (non-hydrogen) atoms. The molecule has 1 atom stereocenters. The lowest BCUT2D eigenvalue weighted by Gasteiger charge is -2.27. The van der Waals surface area contributed by atoms with Crippen LogP contribution in [0.2, 0.25) is 0 Å². The first-order valence-electron chi connectivity index (χ1n) is 6.22. The summed E-state index contributed by atoms with van der Waals surface area (Å²) in [4.78, 5) is 2.31. The van der Waals surface area contributed by atoms with Crippen molar-refractivity contribution >= 4 is 17.3 Å². The highest BCUT2D eigenvalue weighted by atomic mass is 32.1. The zero-order valence-corrected chi connectivity index (χ0v) is 10.9. The normalized spacial score (nSPS) is 24.5. The van der Waals surface area contributed by atoms with Gasteiger partial charge in [-0.15, -0.1) is 0 Å². The van der Waals surface area contributed by atoms with Gasteiger partial charge in [-0.05, 0) is 31.1 Å². The Hall–Kier alpha value is -1.13. The van der Waals surface area contributed by atoms with E-state index in [9.17, 15) is 0 Å². The van der Waals surface area contributed by atoms with Gasteiger partial charge >= 0.3 is 0 Å². The molecule has 3 nitrogen and oxygen atoms in total. The summed E-state index contributed by atoms with van der Waals surface area (Å²) in [5, 5.41) is 5.65. The van der Waals surface area contributed by atoms with Gasteiger partial charge in [0, 0.05) is 19.6 Å². The Labute approximate surface area is 108 Å². The van der Waals surface area contributed by atoms with Crippen molar-refractivity contribution in [2.75, 3.05) is 19.6 Å². The highest BCUT2D eigenvalue weighted by Gasteiger charge is 2.43. The zero-order chi connectivity index (χ0) is 11.8. The van der Waals surface area contributed by atoms with E-state index in [1.807, 2.05) is 0 Å². The lowest BCUT2D eigenvalue weighted by Crippen LogP contribution is -2.32. The van der Waals surface area contributed by atoms with Crippen LogP contribution >= 0.6 is 12.2 Å². The molecule has 2 aliphatic rings. The summed E-state index contributed by atoms with van der Waals surface area (Å²) in [7, 11) is 0. The highest BCUT2D eigenvalue weighted by molar-refractivity contribution is 7.80. The molecule has 2 saturated heterocycles. The Morgan fingerprint density at radius 1 is 1.24 bits per heavy atom. The fourth-order valence-electron chi connectivity index (χ4n) is 2.79. The molecule has 1 aromatic carbocycles. The smallest absolute Gasteiger partial charge is 0.187 e. The summed E-state index contributed by atoms with van der Waals surface area (Å²) >= 11 is 5.56. The average molecular weight is 247 g/mol. The van der Waals surface area contributed by atoms with Crippen molar-refractivity contribution in [2.24, 2.45) is 0 Å². The van der Waals surface area contributed by atoms with Crippen LogP contribution in [0.5, 0.6) is 0 Å². The summed E-state index contributed by atoms with van der Waals surface area (Å²) in [6, 6.07) is 10.7. The van der Waals surface area contributed by atoms with Crippen LogP contribution in [0.25, 0.3) is 0 Å². The number of nitrogens with zero attached hydrogens (tertiary/aromatic N) is 3. The van der Waals surface area contributed by atoms with Crippen molar-refractivity contribution < 1.29 is 0 Å². The SMILES string of the molecule is CCN1C(=S)N2CCCN2[C@@H]1c1ccccc1. The first kappa shape index (κ1) is 11.0. The van der Waals surface area contributed by atoms with Gasteiger partial charge in [0.1, 0.15) is 6.17 Å². The molecule has 2 fully saturated rings. The Bertz CT molecular complexity index is 420. The second-order valence-corrected chi connectivity index (χ2v) is 4.86. The van der Waals surface area contributed by atoms with Crippen LogP contribution in [0.4, 0.5) is 0 Å². The molecule has 0 spiro atoms. The number of hydrazine groups is 1. The van der Waals surface area contributed by atoms with Gasteiger partial charge in [0.25, 0.3) is 0 Å². The molecule has 0 saturated carbocycles. The van der Waals surface area contributed by atoms with Crippen LogP contribution in [0.3, 0.4) is 0 Å². The molecule has 2 heterocycles. The molecule has 90 valence electrons. The van der Waals surface area contributed by atoms with E-state index >= 15 is 0 Å². The van der Waals surface area contributed by atoms with Gasteiger partial charge < -0.3 is 4.90 Å². The first-order valence-corrected chi connectivity index (χ1v) is 6.63. The molecule has 0 amide bonds. The fourth-order valence-corrected chi connectivity index (χ4v) is 3.22. The van der Waals surface area contributed by atoms with E-state index in [4.69, 9.17) is 12.2 Å². The molecule has 0 bridgehead atoms. The summed E-state index contributed by atoms with van der Waals surface area (Å²) in [5.74, 6) is 0. The third-order valence-corrected chi connectivity index (χ3v) is 3.99. The van der Waals surface area contributed by atoms with Gasteiger partial charge in [-0.2, -0.15) is 5.01 Å². The van der Waals surface area contributed by atoms with Crippen molar-refractivity contribution in [3.8, 4) is 0 Å². The largest absolute Gasteiger partial charge is 0.327 e. The van der Waals surface area contributed by atoms with Gasteiger partial charge in [0.05, 0.1) is 0 Å². The monoisotopic (exact) mass is 247 g/mol. The second-order valence-electron chi connectivity index (χ2n) is 4.49. The summed E-state index contributed by atoms with van der Waals surface area (Å²) < 4.78 is 0. The number of rotatable bonds is 2. The number of hydrogen-bond acceptors (Lipinski definition) is 2. The van der Waals surface area contributed by atoms with Crippen molar-refractivity contribution in [3.05, 3.63) is 35.9 Å². The molecule has 0 aliphatic carbocycles. The quantitative estimate of drug-likeness (QED) is 0.741. The van der Waals surface area contributed by atoms with E-state index < -0.39 is 0 Å². The summed E-state index contributed by atoms with van der Waals surface area (Å²) in [6.45, 7) is 5.31. The molecular formula is C13H17N3S. The average Bonchev–Trinajstić information content (AvgIpc) is 2.92. The molecule has 1 aromatic rings. The van der Waals surface area contributed by atoms with Crippen molar-refractivity contribution in [3.63, 3.8) is 0 Å². The molecule has 3 rings (SSSR count). The number of fused-ring (bicyclic) bond motifs is 1. The minimum Gasteiger partial charge on any atom is -0.327 e. The molecule has 0 N–H and O–H groups in total. The Kier molecular flexibility index (Phi) is 2.76. The summed E-state index contributed by atoms with van der Waals surface area (Å²) in [6.07, 6.45) is 1.51. The lowest BCUT2D eigenvalue weighted by molar-refractivity contribution is 0.0560. The topological polar surface area (TPSA) is 9.72 Å². The van der Waals surface area contributed by atoms with Crippen LogP contribution < -0.4 is 0 Å². The van der Waals surface area contributed by atoms with Crippen molar-refractivity contribution in [1.82, 2.24) is 14.9 Å². The van der Waals surface area contributed by atoms with E-state index in [-0.39, 0.29) is 0 Å². The molecule has 4 heteroatoms. The van der Waals surface area contributed by atoms with Crippen molar-refractivity contribution in [2.45, 2.75) is 19.5 Å². The van der Waals surface area contributed by atoms with E-state index in [0.717, 1.165) is 24.7 Å². The molecule has 0 aromatic heterocycles. The van der Waals surface area contributed by atoms with Gasteiger partial charge in [0.15, 0.2) is 5.11 Å². The van der Waals surface area contributed by atoms with Crippen LogP contribution in [0, 0.1) is 0 Å². The maximum Gasteiger partial charge on any atom is 0.187 e. The van der Waals surface area contributed by atoms with Crippen LogP contribution in [0.1, 0.15) is 25.1 Å². The van der Waals surface area contributed by atoms with Crippen LogP contribution in [-0.2, 0) is 0 Å². The lowest BCUT2D eigenvalue weighted by atomic mass is 10.1. The van der Waals surface area contributed by atoms with E-state index in [2.05, 4.69) is 52.2 Å². The fraction of sp³-hybridized carbons (Fsp3) is 0.462.